The number of aryl methyl sites for hydroxylation is 1. The lowest BCUT2D eigenvalue weighted by atomic mass is 9.93. The summed E-state index contributed by atoms with van der Waals surface area (Å²) >= 11 is 0. The zero-order valence-electron chi connectivity index (χ0n) is 19.0. The Bertz CT molecular complexity index is 1600. The minimum atomic E-state index is -0.0937. The highest BCUT2D eigenvalue weighted by molar-refractivity contribution is 5.77. The van der Waals surface area contributed by atoms with Crippen LogP contribution in [0.2, 0.25) is 0 Å². The quantitative estimate of drug-likeness (QED) is 0.286. The van der Waals surface area contributed by atoms with Gasteiger partial charge >= 0.3 is 0 Å². The van der Waals surface area contributed by atoms with E-state index in [1.54, 1.807) is 0 Å². The van der Waals surface area contributed by atoms with E-state index in [1.165, 1.54) is 50.3 Å². The van der Waals surface area contributed by atoms with Crippen molar-refractivity contribution in [3.05, 3.63) is 132 Å². The lowest BCUT2D eigenvalue weighted by molar-refractivity contribution is -0.772. The smallest absolute Gasteiger partial charge is 0.187 e. The lowest BCUT2D eigenvalue weighted by Crippen LogP contribution is -2.50. The highest BCUT2D eigenvalue weighted by Gasteiger charge is 2.85. The van der Waals surface area contributed by atoms with E-state index in [9.17, 15) is 0 Å². The van der Waals surface area contributed by atoms with Crippen molar-refractivity contribution in [3.63, 3.8) is 0 Å². The summed E-state index contributed by atoms with van der Waals surface area (Å²) in [7, 11) is 0. The van der Waals surface area contributed by atoms with Crippen molar-refractivity contribution in [2.24, 2.45) is 0 Å². The second-order valence-electron chi connectivity index (χ2n) is 9.86. The molecule has 1 spiro atoms. The molecule has 34 heavy (non-hydrogen) atoms. The zero-order chi connectivity index (χ0) is 22.4. The number of benzene rings is 3. The molecule has 3 aromatic carbocycles. The van der Waals surface area contributed by atoms with Crippen LogP contribution in [0, 0.1) is 6.92 Å². The van der Waals surface area contributed by atoms with Crippen molar-refractivity contribution in [1.82, 2.24) is 0 Å². The molecule has 5 aromatic rings. The number of hydrogen-bond donors (Lipinski definition) is 0. The van der Waals surface area contributed by atoms with Crippen molar-refractivity contribution in [3.8, 4) is 33.6 Å². The molecule has 0 N–H and O–H groups in total. The Morgan fingerprint density at radius 3 is 2.26 bits per heavy atom. The Morgan fingerprint density at radius 1 is 0.647 bits per heavy atom. The second kappa shape index (κ2) is 6.30. The number of hydrogen-bond acceptors (Lipinski definition) is 0. The molecule has 3 aliphatic rings. The maximum atomic E-state index is 2.58. The van der Waals surface area contributed by atoms with Gasteiger partial charge in [-0.1, -0.05) is 60.7 Å². The van der Waals surface area contributed by atoms with Gasteiger partial charge in [0.15, 0.2) is 12.4 Å². The highest BCUT2D eigenvalue weighted by Crippen LogP contribution is 2.70. The second-order valence-corrected chi connectivity index (χ2v) is 9.86. The number of nitrogens with zero attached hydrogens (tertiary/aromatic N) is 2. The Morgan fingerprint density at radius 2 is 1.38 bits per heavy atom. The van der Waals surface area contributed by atoms with Crippen LogP contribution in [-0.4, -0.2) is 0 Å². The molecule has 0 saturated heterocycles. The van der Waals surface area contributed by atoms with Gasteiger partial charge in [-0.05, 0) is 47.4 Å². The third kappa shape index (κ3) is 2.08. The van der Waals surface area contributed by atoms with Gasteiger partial charge in [0.2, 0.25) is 17.4 Å². The van der Waals surface area contributed by atoms with Gasteiger partial charge in [0, 0.05) is 29.8 Å². The van der Waals surface area contributed by atoms with E-state index in [1.807, 2.05) is 0 Å². The van der Waals surface area contributed by atoms with Crippen LogP contribution in [0.1, 0.15) is 28.7 Å². The molecule has 2 nitrogen and oxygen atoms in total. The van der Waals surface area contributed by atoms with Crippen molar-refractivity contribution >= 4 is 0 Å². The maximum absolute atomic E-state index is 2.58. The van der Waals surface area contributed by atoms with Crippen molar-refractivity contribution < 1.29 is 9.13 Å². The minimum absolute atomic E-state index is 0.0937. The summed E-state index contributed by atoms with van der Waals surface area (Å²) in [4.78, 5) is 0. The summed E-state index contributed by atoms with van der Waals surface area (Å²) in [5, 5.41) is 0. The van der Waals surface area contributed by atoms with Crippen LogP contribution < -0.4 is 9.13 Å². The molecule has 0 amide bonds. The fraction of sp³-hybridized carbons (Fsp3) is 0.125. The molecule has 0 radical (unpaired) electrons. The molecule has 4 heterocycles. The van der Waals surface area contributed by atoms with Gasteiger partial charge < -0.3 is 0 Å². The number of fused-ring (bicyclic) bond motifs is 13. The van der Waals surface area contributed by atoms with E-state index < -0.39 is 0 Å². The molecule has 1 aliphatic carbocycles. The fourth-order valence-electron chi connectivity index (χ4n) is 6.96. The lowest BCUT2D eigenvalue weighted by Gasteiger charge is -2.11. The molecule has 3 atom stereocenters. The Balaban J connectivity index is 1.42. The SMILES string of the molecule is Cc1ccccc1-c1cc[n+]2c(c1)-c1ccccc1C21C2c3ccccc3-c3cccc[n+]3C21. The van der Waals surface area contributed by atoms with Gasteiger partial charge in [0.05, 0.1) is 11.1 Å². The first-order valence-corrected chi connectivity index (χ1v) is 12.1. The first kappa shape index (κ1) is 18.4. The maximum Gasteiger partial charge on any atom is 0.269 e. The van der Waals surface area contributed by atoms with Gasteiger partial charge in [-0.15, -0.1) is 0 Å². The summed E-state index contributed by atoms with van der Waals surface area (Å²) in [5.74, 6) is 0.417. The van der Waals surface area contributed by atoms with E-state index in [0.717, 1.165) is 0 Å². The first-order valence-electron chi connectivity index (χ1n) is 12.1. The summed E-state index contributed by atoms with van der Waals surface area (Å²) in [6, 6.07) is 38.5. The molecule has 8 rings (SSSR count). The van der Waals surface area contributed by atoms with Crippen molar-refractivity contribution in [1.29, 1.82) is 0 Å². The van der Waals surface area contributed by atoms with E-state index in [-0.39, 0.29) is 5.54 Å². The zero-order valence-corrected chi connectivity index (χ0v) is 19.0. The Kier molecular flexibility index (Phi) is 3.41. The molecule has 1 saturated carbocycles. The van der Waals surface area contributed by atoms with Crippen LogP contribution in [0.15, 0.2) is 116 Å². The Labute approximate surface area is 199 Å². The summed E-state index contributed by atoms with van der Waals surface area (Å²) < 4.78 is 5.11. The van der Waals surface area contributed by atoms with Gasteiger partial charge in [0.25, 0.3) is 5.54 Å². The van der Waals surface area contributed by atoms with E-state index in [4.69, 9.17) is 0 Å². The van der Waals surface area contributed by atoms with Crippen LogP contribution in [-0.2, 0) is 5.54 Å². The fourth-order valence-corrected chi connectivity index (χ4v) is 6.96. The molecule has 2 heteroatoms. The molecule has 2 aliphatic heterocycles. The number of pyridine rings is 2. The Hall–Kier alpha value is -4.04. The normalized spacial score (nSPS) is 22.4. The van der Waals surface area contributed by atoms with Gasteiger partial charge in [0.1, 0.15) is 5.92 Å². The standard InChI is InChI=1S/C32H24N2/c1-21-10-2-3-11-23(21)22-17-19-34-29(20-22)26-14-6-7-15-27(26)32(34)30-25-13-5-4-12-24(25)28-16-8-9-18-33(28)31(30)32/h2-20,30-31H,1H3/q+2. The summed E-state index contributed by atoms with van der Waals surface area (Å²) in [5.41, 5.74) is 12.1. The predicted octanol–water partition coefficient (Wildman–Crippen LogP) is 5.98. The molecule has 0 bridgehead atoms. The monoisotopic (exact) mass is 436 g/mol. The van der Waals surface area contributed by atoms with Crippen molar-refractivity contribution in [2.45, 2.75) is 24.4 Å². The minimum Gasteiger partial charge on any atom is -0.187 e. The van der Waals surface area contributed by atoms with Gasteiger partial charge in [-0.3, -0.25) is 0 Å². The first-order chi connectivity index (χ1) is 16.8. The van der Waals surface area contributed by atoms with Gasteiger partial charge in [-0.2, -0.15) is 9.13 Å². The molecule has 2 aromatic heterocycles. The molecule has 160 valence electrons. The molecule has 3 unspecified atom stereocenters. The van der Waals surface area contributed by atoms with Crippen LogP contribution >= 0.6 is 0 Å². The predicted molar refractivity (Wildman–Crippen MR) is 133 cm³/mol. The van der Waals surface area contributed by atoms with E-state index in [2.05, 4.69) is 132 Å². The summed E-state index contributed by atoms with van der Waals surface area (Å²) in [6.07, 6.45) is 4.63. The van der Waals surface area contributed by atoms with Crippen LogP contribution in [0.25, 0.3) is 33.6 Å². The van der Waals surface area contributed by atoms with E-state index in [0.29, 0.717) is 12.0 Å². The van der Waals surface area contributed by atoms with Crippen molar-refractivity contribution in [2.75, 3.05) is 0 Å². The molecule has 1 fully saturated rings. The van der Waals surface area contributed by atoms with Gasteiger partial charge in [-0.25, -0.2) is 0 Å². The third-order valence-electron chi connectivity index (χ3n) is 8.34. The van der Waals surface area contributed by atoms with Crippen LogP contribution in [0.3, 0.4) is 0 Å². The molecular weight excluding hydrogens is 412 g/mol. The average molecular weight is 437 g/mol. The highest BCUT2D eigenvalue weighted by atomic mass is 15.3. The number of rotatable bonds is 1. The van der Waals surface area contributed by atoms with Crippen LogP contribution in [0.4, 0.5) is 0 Å². The van der Waals surface area contributed by atoms with Crippen LogP contribution in [0.5, 0.6) is 0 Å². The van der Waals surface area contributed by atoms with E-state index >= 15 is 0 Å². The molecular formula is C32H24N2+2. The summed E-state index contributed by atoms with van der Waals surface area (Å²) in [6.45, 7) is 2.20. The largest absolute Gasteiger partial charge is 0.269 e. The average Bonchev–Trinajstić information content (AvgIpc) is 3.52. The number of aromatic nitrogens is 2. The topological polar surface area (TPSA) is 7.76 Å². The third-order valence-corrected chi connectivity index (χ3v) is 8.34.